The van der Waals surface area contributed by atoms with Gasteiger partial charge >= 0.3 is 29.6 Å². The zero-order valence-electron chi connectivity index (χ0n) is 3.91. The molecule has 0 aromatic carbocycles. The molecule has 40 valence electrons. The van der Waals surface area contributed by atoms with Gasteiger partial charge in [0.05, 0.1) is 0 Å². The Kier molecular flexibility index (Phi) is 35.3. The first-order chi connectivity index (χ1) is 2.41. The Morgan fingerprint density at radius 1 is 1.14 bits per heavy atom. The van der Waals surface area contributed by atoms with Crippen LogP contribution in [0.15, 0.2) is 0 Å². The average molecular weight is 127 g/mol. The van der Waals surface area contributed by atoms with Gasteiger partial charge in [0.25, 0.3) is 0 Å². The summed E-state index contributed by atoms with van der Waals surface area (Å²) in [4.78, 5) is 0. The van der Waals surface area contributed by atoms with Crippen LogP contribution >= 0.6 is 0 Å². The normalized spacial score (nSPS) is 6.00. The summed E-state index contributed by atoms with van der Waals surface area (Å²) in [6.07, 6.45) is 0. The van der Waals surface area contributed by atoms with Crippen molar-refractivity contribution >= 4 is 46.9 Å². The summed E-state index contributed by atoms with van der Waals surface area (Å²) in [5.41, 5.74) is 0. The van der Waals surface area contributed by atoms with E-state index in [2.05, 4.69) is 19.2 Å². The molecule has 0 saturated carbocycles. The van der Waals surface area contributed by atoms with Gasteiger partial charge < -0.3 is 5.32 Å². The molecular formula is C4H15AlNNa. The van der Waals surface area contributed by atoms with Gasteiger partial charge in [-0.15, -0.1) is 0 Å². The number of nitrogens with one attached hydrogen (secondary N) is 1. The fraction of sp³-hybridized carbons (Fsp3) is 1.00. The van der Waals surface area contributed by atoms with Crippen molar-refractivity contribution in [2.24, 2.45) is 0 Å². The maximum absolute atomic E-state index is 3.11. The standard InChI is InChI=1S/C4H11N.Al.Na.4H/c1-3-5-4-2;;;;;;/h5H,3-4H2,1-2H3;;;;;;. The van der Waals surface area contributed by atoms with Crippen molar-refractivity contribution in [1.29, 1.82) is 0 Å². The third kappa shape index (κ3) is 18.5. The van der Waals surface area contributed by atoms with Crippen molar-refractivity contribution in [3.8, 4) is 0 Å². The summed E-state index contributed by atoms with van der Waals surface area (Å²) in [5, 5.41) is 3.11. The summed E-state index contributed by atoms with van der Waals surface area (Å²) < 4.78 is 0. The van der Waals surface area contributed by atoms with E-state index in [1.165, 1.54) is 0 Å². The summed E-state index contributed by atoms with van der Waals surface area (Å²) in [6, 6.07) is 0. The summed E-state index contributed by atoms with van der Waals surface area (Å²) in [7, 11) is 0. The topological polar surface area (TPSA) is 12.0 Å². The zero-order valence-corrected chi connectivity index (χ0v) is 3.91. The Morgan fingerprint density at radius 3 is 1.43 bits per heavy atom. The molecule has 0 aromatic heterocycles. The van der Waals surface area contributed by atoms with Crippen LogP contribution in [0.25, 0.3) is 0 Å². The van der Waals surface area contributed by atoms with E-state index in [0.717, 1.165) is 13.1 Å². The molecular weight excluding hydrogens is 112 g/mol. The van der Waals surface area contributed by atoms with Crippen LogP contribution in [-0.2, 0) is 0 Å². The Balaban J connectivity index is -0.0000000800. The van der Waals surface area contributed by atoms with Crippen molar-refractivity contribution < 1.29 is 0 Å². The third-order valence-corrected chi connectivity index (χ3v) is 0.500. The molecule has 0 radical (unpaired) electrons. The van der Waals surface area contributed by atoms with Crippen molar-refractivity contribution in [3.63, 3.8) is 0 Å². The van der Waals surface area contributed by atoms with Crippen LogP contribution in [0, 0.1) is 0 Å². The Bertz CT molecular complexity index is 19.2. The molecule has 0 saturated heterocycles. The van der Waals surface area contributed by atoms with E-state index in [0.29, 0.717) is 0 Å². The molecule has 0 aliphatic carbocycles. The van der Waals surface area contributed by atoms with E-state index < -0.39 is 0 Å². The van der Waals surface area contributed by atoms with Crippen molar-refractivity contribution in [1.82, 2.24) is 5.32 Å². The molecule has 3 heteroatoms. The molecule has 0 rings (SSSR count). The van der Waals surface area contributed by atoms with E-state index >= 15 is 0 Å². The molecule has 1 nitrogen and oxygen atoms in total. The van der Waals surface area contributed by atoms with E-state index in [1.54, 1.807) is 0 Å². The number of hydrogen-bond acceptors (Lipinski definition) is 1. The predicted octanol–water partition coefficient (Wildman–Crippen LogP) is -1.22. The minimum absolute atomic E-state index is 0. The first-order valence-electron chi connectivity index (χ1n) is 2.12. The number of hydrogen-bond donors (Lipinski definition) is 1. The molecule has 0 fully saturated rings. The van der Waals surface area contributed by atoms with E-state index in [1.807, 2.05) is 0 Å². The molecule has 0 aliphatic heterocycles. The zero-order chi connectivity index (χ0) is 4.12. The van der Waals surface area contributed by atoms with Gasteiger partial charge in [0.2, 0.25) is 0 Å². The van der Waals surface area contributed by atoms with Crippen LogP contribution in [0.4, 0.5) is 0 Å². The molecule has 0 atom stereocenters. The predicted molar refractivity (Wildman–Crippen MR) is 41.3 cm³/mol. The molecule has 0 aromatic rings. The summed E-state index contributed by atoms with van der Waals surface area (Å²) >= 11 is 0. The first kappa shape index (κ1) is 15.8. The van der Waals surface area contributed by atoms with Crippen molar-refractivity contribution in [2.75, 3.05) is 13.1 Å². The molecule has 0 spiro atoms. The third-order valence-electron chi connectivity index (χ3n) is 0.500. The van der Waals surface area contributed by atoms with Gasteiger partial charge in [-0.05, 0) is 13.1 Å². The first-order valence-corrected chi connectivity index (χ1v) is 2.12. The van der Waals surface area contributed by atoms with Gasteiger partial charge in [0, 0.05) is 0 Å². The summed E-state index contributed by atoms with van der Waals surface area (Å²) in [5.74, 6) is 0. The van der Waals surface area contributed by atoms with Crippen LogP contribution in [0.1, 0.15) is 13.8 Å². The Labute approximate surface area is 78.7 Å². The van der Waals surface area contributed by atoms with Gasteiger partial charge in [-0.25, -0.2) is 0 Å². The van der Waals surface area contributed by atoms with Crippen molar-refractivity contribution in [2.45, 2.75) is 13.8 Å². The molecule has 0 aliphatic rings. The Hall–Kier alpha value is 1.49. The molecule has 7 heavy (non-hydrogen) atoms. The van der Waals surface area contributed by atoms with Crippen LogP contribution < -0.4 is 5.32 Å². The summed E-state index contributed by atoms with van der Waals surface area (Å²) in [6.45, 7) is 6.39. The fourth-order valence-corrected chi connectivity index (χ4v) is 0.250. The SMILES string of the molecule is CCNCC.[AlH3].[NaH]. The minimum atomic E-state index is 0. The molecule has 0 amide bonds. The van der Waals surface area contributed by atoms with E-state index in [4.69, 9.17) is 0 Å². The molecule has 0 heterocycles. The number of rotatable bonds is 2. The van der Waals surface area contributed by atoms with Gasteiger partial charge in [-0.3, -0.25) is 0 Å². The average Bonchev–Trinajstić information content (AvgIpc) is 1.41. The van der Waals surface area contributed by atoms with E-state index in [9.17, 15) is 0 Å². The van der Waals surface area contributed by atoms with Gasteiger partial charge in [0.15, 0.2) is 17.4 Å². The van der Waals surface area contributed by atoms with Gasteiger partial charge in [-0.1, -0.05) is 13.8 Å². The Morgan fingerprint density at radius 2 is 1.43 bits per heavy atom. The second kappa shape index (κ2) is 15.6. The molecule has 1 N–H and O–H groups in total. The van der Waals surface area contributed by atoms with Crippen LogP contribution in [0.5, 0.6) is 0 Å². The van der Waals surface area contributed by atoms with Gasteiger partial charge in [-0.2, -0.15) is 0 Å². The van der Waals surface area contributed by atoms with Gasteiger partial charge in [0.1, 0.15) is 0 Å². The quantitative estimate of drug-likeness (QED) is 0.459. The second-order valence-corrected chi connectivity index (χ2v) is 0.957. The second-order valence-electron chi connectivity index (χ2n) is 0.957. The van der Waals surface area contributed by atoms with Crippen LogP contribution in [-0.4, -0.2) is 60.0 Å². The van der Waals surface area contributed by atoms with Crippen LogP contribution in [0.2, 0.25) is 0 Å². The fourth-order valence-electron chi connectivity index (χ4n) is 0.250. The maximum atomic E-state index is 3.11. The monoisotopic (exact) mass is 127 g/mol. The molecule has 0 unspecified atom stereocenters. The van der Waals surface area contributed by atoms with Crippen LogP contribution in [0.3, 0.4) is 0 Å². The van der Waals surface area contributed by atoms with Crippen molar-refractivity contribution in [3.05, 3.63) is 0 Å². The van der Waals surface area contributed by atoms with E-state index in [-0.39, 0.29) is 46.9 Å². The molecule has 0 bridgehead atoms.